The molecule has 8 heteroatoms. The minimum absolute atomic E-state index is 0.133. The Labute approximate surface area is 146 Å². The predicted molar refractivity (Wildman–Crippen MR) is 96.0 cm³/mol. The lowest BCUT2D eigenvalue weighted by Crippen LogP contribution is -2.42. The van der Waals surface area contributed by atoms with Gasteiger partial charge in [-0.3, -0.25) is 5.10 Å². The SMILES string of the molecule is CS(=O)(=O)N1CCC2(CCN(c3cc(Cl)cc4[nH]ncc34)CC2)C1. The molecule has 2 fully saturated rings. The summed E-state index contributed by atoms with van der Waals surface area (Å²) in [5.74, 6) is 0. The lowest BCUT2D eigenvalue weighted by Gasteiger charge is -2.40. The Morgan fingerprint density at radius 1 is 1.21 bits per heavy atom. The number of aromatic amines is 1. The highest BCUT2D eigenvalue weighted by Crippen LogP contribution is 2.43. The van der Waals surface area contributed by atoms with Crippen LogP contribution < -0.4 is 4.90 Å². The maximum absolute atomic E-state index is 11.8. The van der Waals surface area contributed by atoms with Gasteiger partial charge in [0, 0.05) is 42.3 Å². The average Bonchev–Trinajstić information content (AvgIpc) is 3.14. The second-order valence-electron chi connectivity index (χ2n) is 7.09. The molecule has 0 radical (unpaired) electrons. The molecule has 2 saturated heterocycles. The first-order valence-electron chi connectivity index (χ1n) is 8.19. The highest BCUT2D eigenvalue weighted by atomic mass is 35.5. The fourth-order valence-electron chi connectivity index (χ4n) is 4.07. The Balaban J connectivity index is 1.53. The van der Waals surface area contributed by atoms with Crippen molar-refractivity contribution in [2.45, 2.75) is 19.3 Å². The van der Waals surface area contributed by atoms with Crippen LogP contribution in [0.4, 0.5) is 5.69 Å². The molecule has 1 spiro atoms. The lowest BCUT2D eigenvalue weighted by molar-refractivity contribution is 0.235. The summed E-state index contributed by atoms with van der Waals surface area (Å²) in [6.45, 7) is 3.15. The lowest BCUT2D eigenvalue weighted by atomic mass is 9.77. The van der Waals surface area contributed by atoms with Crippen molar-refractivity contribution in [2.24, 2.45) is 5.41 Å². The summed E-state index contributed by atoms with van der Waals surface area (Å²) in [4.78, 5) is 2.35. The number of rotatable bonds is 2. The fourth-order valence-corrected chi connectivity index (χ4v) is 5.21. The van der Waals surface area contributed by atoms with E-state index < -0.39 is 10.0 Å². The maximum Gasteiger partial charge on any atom is 0.211 e. The van der Waals surface area contributed by atoms with Gasteiger partial charge in [0.05, 0.1) is 18.0 Å². The maximum atomic E-state index is 11.8. The highest BCUT2D eigenvalue weighted by molar-refractivity contribution is 7.88. The van der Waals surface area contributed by atoms with Crippen molar-refractivity contribution in [2.75, 3.05) is 37.3 Å². The summed E-state index contributed by atoms with van der Waals surface area (Å²) >= 11 is 6.24. The summed E-state index contributed by atoms with van der Waals surface area (Å²) in [6, 6.07) is 3.88. The highest BCUT2D eigenvalue weighted by Gasteiger charge is 2.43. The van der Waals surface area contributed by atoms with Crippen LogP contribution in [0.25, 0.3) is 10.9 Å². The van der Waals surface area contributed by atoms with Gasteiger partial charge >= 0.3 is 0 Å². The van der Waals surface area contributed by atoms with E-state index in [2.05, 4.69) is 15.1 Å². The summed E-state index contributed by atoms with van der Waals surface area (Å²) in [5.41, 5.74) is 2.19. The molecule has 0 bridgehead atoms. The topological polar surface area (TPSA) is 69.3 Å². The summed E-state index contributed by atoms with van der Waals surface area (Å²) < 4.78 is 25.2. The molecule has 0 unspecified atom stereocenters. The van der Waals surface area contributed by atoms with Gasteiger partial charge < -0.3 is 4.90 Å². The molecule has 130 valence electrons. The molecule has 24 heavy (non-hydrogen) atoms. The molecule has 2 aliphatic heterocycles. The Morgan fingerprint density at radius 3 is 2.58 bits per heavy atom. The number of benzene rings is 1. The number of nitrogens with zero attached hydrogens (tertiary/aromatic N) is 3. The molecule has 0 saturated carbocycles. The number of piperidine rings is 1. The van der Waals surface area contributed by atoms with Gasteiger partial charge in [0.25, 0.3) is 0 Å². The van der Waals surface area contributed by atoms with Crippen LogP contribution in [0.15, 0.2) is 18.3 Å². The van der Waals surface area contributed by atoms with E-state index in [9.17, 15) is 8.42 Å². The molecule has 2 aliphatic rings. The quantitative estimate of drug-likeness (QED) is 0.884. The summed E-state index contributed by atoms with van der Waals surface area (Å²) in [5, 5.41) is 8.88. The van der Waals surface area contributed by atoms with Crippen LogP contribution >= 0.6 is 11.6 Å². The fraction of sp³-hybridized carbons (Fsp3) is 0.562. The zero-order chi connectivity index (χ0) is 16.9. The van der Waals surface area contributed by atoms with Gasteiger partial charge in [0.2, 0.25) is 10.0 Å². The predicted octanol–water partition coefficient (Wildman–Crippen LogP) is 2.47. The number of H-pyrrole nitrogens is 1. The molecular weight excluding hydrogens is 348 g/mol. The van der Waals surface area contributed by atoms with E-state index in [1.54, 1.807) is 4.31 Å². The Kier molecular flexibility index (Phi) is 3.78. The van der Waals surface area contributed by atoms with Crippen molar-refractivity contribution in [1.82, 2.24) is 14.5 Å². The third-order valence-corrected chi connectivity index (χ3v) is 7.01. The van der Waals surface area contributed by atoms with Gasteiger partial charge in [0.15, 0.2) is 0 Å². The Morgan fingerprint density at radius 2 is 1.92 bits per heavy atom. The molecule has 1 N–H and O–H groups in total. The van der Waals surface area contributed by atoms with E-state index >= 15 is 0 Å². The van der Waals surface area contributed by atoms with E-state index in [-0.39, 0.29) is 5.41 Å². The zero-order valence-corrected chi connectivity index (χ0v) is 15.2. The van der Waals surface area contributed by atoms with Gasteiger partial charge in [-0.25, -0.2) is 12.7 Å². The zero-order valence-electron chi connectivity index (χ0n) is 13.6. The Bertz CT molecular complexity index is 871. The second-order valence-corrected chi connectivity index (χ2v) is 9.51. The van der Waals surface area contributed by atoms with Crippen LogP contribution in [0.2, 0.25) is 5.02 Å². The van der Waals surface area contributed by atoms with Gasteiger partial charge in [0.1, 0.15) is 0 Å². The normalized spacial score (nSPS) is 21.8. The first kappa shape index (κ1) is 16.2. The molecule has 2 aromatic rings. The summed E-state index contributed by atoms with van der Waals surface area (Å²) in [7, 11) is -3.08. The molecule has 6 nitrogen and oxygen atoms in total. The molecule has 0 atom stereocenters. The van der Waals surface area contributed by atoms with Crippen LogP contribution in [0.5, 0.6) is 0 Å². The minimum atomic E-state index is -3.08. The van der Waals surface area contributed by atoms with Crippen LogP contribution in [-0.2, 0) is 10.0 Å². The van der Waals surface area contributed by atoms with Crippen molar-refractivity contribution in [3.8, 4) is 0 Å². The van der Waals surface area contributed by atoms with Crippen molar-refractivity contribution >= 4 is 38.2 Å². The number of anilines is 1. The van der Waals surface area contributed by atoms with Gasteiger partial charge in [-0.05, 0) is 36.8 Å². The smallest absolute Gasteiger partial charge is 0.211 e. The number of aromatic nitrogens is 2. The van der Waals surface area contributed by atoms with Gasteiger partial charge in [-0.1, -0.05) is 11.6 Å². The molecule has 1 aromatic heterocycles. The van der Waals surface area contributed by atoms with Crippen LogP contribution in [0.1, 0.15) is 19.3 Å². The van der Waals surface area contributed by atoms with E-state index in [1.165, 1.54) is 6.26 Å². The van der Waals surface area contributed by atoms with Crippen LogP contribution in [-0.4, -0.2) is 55.4 Å². The van der Waals surface area contributed by atoms with Crippen LogP contribution in [0, 0.1) is 5.41 Å². The first-order valence-corrected chi connectivity index (χ1v) is 10.4. The molecule has 0 aliphatic carbocycles. The van der Waals surface area contributed by atoms with Crippen molar-refractivity contribution < 1.29 is 8.42 Å². The summed E-state index contributed by atoms with van der Waals surface area (Å²) in [6.07, 6.45) is 6.12. The molecule has 0 amide bonds. The number of sulfonamides is 1. The number of hydrogen-bond donors (Lipinski definition) is 1. The van der Waals surface area contributed by atoms with Crippen molar-refractivity contribution in [3.63, 3.8) is 0 Å². The minimum Gasteiger partial charge on any atom is -0.371 e. The molecule has 4 rings (SSSR count). The number of hydrogen-bond acceptors (Lipinski definition) is 4. The van der Waals surface area contributed by atoms with E-state index in [4.69, 9.17) is 11.6 Å². The standard InChI is InChI=1S/C16H21ClN4O2S/c1-24(22,23)21-7-4-16(11-21)2-5-20(6-3-16)15-9-12(17)8-14-13(15)10-18-19-14/h8-10H,2-7,11H2,1H3,(H,18,19). The largest absolute Gasteiger partial charge is 0.371 e. The number of halogens is 1. The molecule has 3 heterocycles. The number of nitrogens with one attached hydrogen (secondary N) is 1. The Hall–Kier alpha value is -1.31. The van der Waals surface area contributed by atoms with Gasteiger partial charge in [-0.15, -0.1) is 0 Å². The average molecular weight is 369 g/mol. The van der Waals surface area contributed by atoms with E-state index in [1.807, 2.05) is 18.3 Å². The van der Waals surface area contributed by atoms with Crippen LogP contribution in [0.3, 0.4) is 0 Å². The second kappa shape index (κ2) is 5.61. The van der Waals surface area contributed by atoms with Crippen molar-refractivity contribution in [3.05, 3.63) is 23.4 Å². The first-order chi connectivity index (χ1) is 11.4. The molecule has 1 aromatic carbocycles. The van der Waals surface area contributed by atoms with Gasteiger partial charge in [-0.2, -0.15) is 5.10 Å². The third-order valence-electron chi connectivity index (χ3n) is 5.54. The molecular formula is C16H21ClN4O2S. The number of fused-ring (bicyclic) bond motifs is 1. The van der Waals surface area contributed by atoms with E-state index in [0.717, 1.165) is 48.9 Å². The monoisotopic (exact) mass is 368 g/mol. The van der Waals surface area contributed by atoms with Crippen molar-refractivity contribution in [1.29, 1.82) is 0 Å². The van der Waals surface area contributed by atoms with E-state index in [0.29, 0.717) is 18.1 Å². The third kappa shape index (κ3) is 2.78.